The van der Waals surface area contributed by atoms with Crippen molar-refractivity contribution >= 4 is 11.8 Å². The average Bonchev–Trinajstić information content (AvgIpc) is 2.34. The first-order valence-electron chi connectivity index (χ1n) is 5.83. The van der Waals surface area contributed by atoms with Crippen LogP contribution in [0.2, 0.25) is 0 Å². The van der Waals surface area contributed by atoms with Gasteiger partial charge < -0.3 is 5.32 Å². The molecule has 0 spiro atoms. The lowest BCUT2D eigenvalue weighted by Crippen LogP contribution is -2.20. The Morgan fingerprint density at radius 1 is 1.31 bits per heavy atom. The van der Waals surface area contributed by atoms with Crippen molar-refractivity contribution < 1.29 is 0 Å². The molecule has 16 heavy (non-hydrogen) atoms. The Balaban J connectivity index is 2.09. The van der Waals surface area contributed by atoms with Gasteiger partial charge in [-0.15, -0.1) is 0 Å². The first-order valence-corrected chi connectivity index (χ1v) is 7.22. The molecule has 1 atom stereocenters. The first-order chi connectivity index (χ1) is 7.84. The van der Waals surface area contributed by atoms with Gasteiger partial charge in [0.05, 0.1) is 5.69 Å². The molecule has 0 saturated carbocycles. The molecule has 1 aromatic rings. The summed E-state index contributed by atoms with van der Waals surface area (Å²) in [4.78, 5) is 8.35. The van der Waals surface area contributed by atoms with Crippen LogP contribution >= 0.6 is 11.8 Å². The van der Waals surface area contributed by atoms with Gasteiger partial charge in [-0.1, -0.05) is 6.42 Å². The van der Waals surface area contributed by atoms with E-state index in [2.05, 4.69) is 28.5 Å². The summed E-state index contributed by atoms with van der Waals surface area (Å²) in [6.07, 6.45) is 11.3. The monoisotopic (exact) mass is 239 g/mol. The summed E-state index contributed by atoms with van der Waals surface area (Å²) in [5, 5.41) is 3.47. The van der Waals surface area contributed by atoms with Crippen LogP contribution in [0.15, 0.2) is 18.6 Å². The highest BCUT2D eigenvalue weighted by atomic mass is 32.2. The fourth-order valence-electron chi connectivity index (χ4n) is 1.51. The van der Waals surface area contributed by atoms with Crippen molar-refractivity contribution in [2.45, 2.75) is 32.2 Å². The molecule has 1 heterocycles. The Morgan fingerprint density at radius 2 is 2.19 bits per heavy atom. The fourth-order valence-corrected chi connectivity index (χ4v) is 2.00. The lowest BCUT2D eigenvalue weighted by molar-refractivity contribution is 0.534. The number of nitrogens with zero attached hydrogens (tertiary/aromatic N) is 2. The molecule has 3 nitrogen and oxygen atoms in total. The molecule has 0 fully saturated rings. The summed E-state index contributed by atoms with van der Waals surface area (Å²) in [5.74, 6) is 1.28. The van der Waals surface area contributed by atoms with Crippen molar-refractivity contribution in [3.8, 4) is 0 Å². The van der Waals surface area contributed by atoms with Crippen LogP contribution in [-0.2, 0) is 0 Å². The summed E-state index contributed by atoms with van der Waals surface area (Å²) in [6.45, 7) is 3.19. The molecule has 0 aliphatic heterocycles. The van der Waals surface area contributed by atoms with E-state index in [1.165, 1.54) is 25.0 Å². The van der Waals surface area contributed by atoms with E-state index in [1.54, 1.807) is 12.4 Å². The smallest absolute Gasteiger partial charge is 0.0753 e. The van der Waals surface area contributed by atoms with E-state index < -0.39 is 0 Å². The van der Waals surface area contributed by atoms with Crippen LogP contribution in [0, 0.1) is 0 Å². The third-order valence-electron chi connectivity index (χ3n) is 2.50. The number of nitrogens with one attached hydrogen (secondary N) is 1. The maximum absolute atomic E-state index is 4.28. The van der Waals surface area contributed by atoms with Gasteiger partial charge in [0.25, 0.3) is 0 Å². The van der Waals surface area contributed by atoms with Crippen molar-refractivity contribution in [2.24, 2.45) is 0 Å². The predicted molar refractivity (Wildman–Crippen MR) is 70.7 cm³/mol. The summed E-state index contributed by atoms with van der Waals surface area (Å²) in [5.41, 5.74) is 1.02. The Kier molecular flexibility index (Phi) is 7.17. The van der Waals surface area contributed by atoms with Crippen molar-refractivity contribution in [1.29, 1.82) is 0 Å². The van der Waals surface area contributed by atoms with Gasteiger partial charge in [0.1, 0.15) is 0 Å². The van der Waals surface area contributed by atoms with Crippen LogP contribution in [0.4, 0.5) is 0 Å². The minimum Gasteiger partial charge on any atom is -0.309 e. The standard InChI is InChI=1S/C12H21N3S/c1-11(12-10-13-7-8-15-12)14-6-4-3-5-9-16-2/h7-8,10-11,14H,3-6,9H2,1-2H3. The highest BCUT2D eigenvalue weighted by Crippen LogP contribution is 2.07. The van der Waals surface area contributed by atoms with Crippen LogP contribution in [0.1, 0.15) is 37.9 Å². The second kappa shape index (κ2) is 8.53. The van der Waals surface area contributed by atoms with Crippen LogP contribution in [0.25, 0.3) is 0 Å². The molecule has 0 amide bonds. The predicted octanol–water partition coefficient (Wildman–Crippen LogP) is 2.66. The van der Waals surface area contributed by atoms with Gasteiger partial charge in [-0.05, 0) is 38.3 Å². The molecule has 0 aliphatic carbocycles. The molecular weight excluding hydrogens is 218 g/mol. The molecule has 0 aromatic carbocycles. The second-order valence-electron chi connectivity index (χ2n) is 3.86. The largest absolute Gasteiger partial charge is 0.309 e. The van der Waals surface area contributed by atoms with Crippen LogP contribution in [-0.4, -0.2) is 28.5 Å². The quantitative estimate of drug-likeness (QED) is 0.708. The number of aromatic nitrogens is 2. The molecule has 0 bridgehead atoms. The number of unbranched alkanes of at least 4 members (excludes halogenated alkanes) is 2. The molecule has 90 valence electrons. The van der Waals surface area contributed by atoms with E-state index in [0.29, 0.717) is 6.04 Å². The van der Waals surface area contributed by atoms with Crippen molar-refractivity contribution in [3.63, 3.8) is 0 Å². The van der Waals surface area contributed by atoms with Crippen molar-refractivity contribution in [1.82, 2.24) is 15.3 Å². The molecule has 0 saturated heterocycles. The second-order valence-corrected chi connectivity index (χ2v) is 4.85. The van der Waals surface area contributed by atoms with E-state index in [-0.39, 0.29) is 0 Å². The Morgan fingerprint density at radius 3 is 2.88 bits per heavy atom. The van der Waals surface area contributed by atoms with Crippen molar-refractivity contribution in [2.75, 3.05) is 18.6 Å². The highest BCUT2D eigenvalue weighted by Gasteiger charge is 2.04. The van der Waals surface area contributed by atoms with Gasteiger partial charge in [-0.25, -0.2) is 0 Å². The minimum atomic E-state index is 0.300. The number of hydrogen-bond donors (Lipinski definition) is 1. The fraction of sp³-hybridized carbons (Fsp3) is 0.667. The van der Waals surface area contributed by atoms with Crippen molar-refractivity contribution in [3.05, 3.63) is 24.3 Å². The third-order valence-corrected chi connectivity index (χ3v) is 3.20. The molecule has 1 unspecified atom stereocenters. The maximum Gasteiger partial charge on any atom is 0.0753 e. The van der Waals surface area contributed by atoms with Gasteiger partial charge in [0.2, 0.25) is 0 Å². The molecule has 4 heteroatoms. The summed E-state index contributed by atoms with van der Waals surface area (Å²) < 4.78 is 0. The normalized spacial score (nSPS) is 12.6. The summed E-state index contributed by atoms with van der Waals surface area (Å²) >= 11 is 1.92. The van der Waals surface area contributed by atoms with E-state index in [4.69, 9.17) is 0 Å². The lowest BCUT2D eigenvalue weighted by Gasteiger charge is -2.12. The SMILES string of the molecule is CSCCCCCNC(C)c1cnccn1. The Bertz CT molecular complexity index is 266. The Labute approximate surface area is 102 Å². The molecule has 1 aromatic heterocycles. The van der Waals surface area contributed by atoms with E-state index in [0.717, 1.165) is 12.2 Å². The van der Waals surface area contributed by atoms with E-state index >= 15 is 0 Å². The van der Waals surface area contributed by atoms with Gasteiger partial charge in [-0.3, -0.25) is 9.97 Å². The van der Waals surface area contributed by atoms with Gasteiger partial charge in [0, 0.05) is 24.6 Å². The molecule has 1 N–H and O–H groups in total. The highest BCUT2D eigenvalue weighted by molar-refractivity contribution is 7.98. The summed E-state index contributed by atoms with van der Waals surface area (Å²) in [6, 6.07) is 0.300. The van der Waals surface area contributed by atoms with Crippen LogP contribution < -0.4 is 5.32 Å². The van der Waals surface area contributed by atoms with Crippen LogP contribution in [0.3, 0.4) is 0 Å². The number of thioether (sulfide) groups is 1. The minimum absolute atomic E-state index is 0.300. The Hall–Kier alpha value is -0.610. The first kappa shape index (κ1) is 13.5. The zero-order chi connectivity index (χ0) is 11.6. The number of rotatable bonds is 8. The number of hydrogen-bond acceptors (Lipinski definition) is 4. The van der Waals surface area contributed by atoms with E-state index in [9.17, 15) is 0 Å². The zero-order valence-electron chi connectivity index (χ0n) is 10.1. The molecule has 0 radical (unpaired) electrons. The van der Waals surface area contributed by atoms with Gasteiger partial charge in [-0.2, -0.15) is 11.8 Å². The topological polar surface area (TPSA) is 37.8 Å². The summed E-state index contributed by atoms with van der Waals surface area (Å²) in [7, 11) is 0. The zero-order valence-corrected chi connectivity index (χ0v) is 11.0. The molecule has 1 rings (SSSR count). The van der Waals surface area contributed by atoms with Gasteiger partial charge >= 0.3 is 0 Å². The van der Waals surface area contributed by atoms with Gasteiger partial charge in [0.15, 0.2) is 0 Å². The van der Waals surface area contributed by atoms with Crippen LogP contribution in [0.5, 0.6) is 0 Å². The third kappa shape index (κ3) is 5.47. The van der Waals surface area contributed by atoms with E-state index in [1.807, 2.05) is 18.0 Å². The lowest BCUT2D eigenvalue weighted by atomic mass is 10.2. The molecular formula is C12H21N3S. The average molecular weight is 239 g/mol. The molecule has 0 aliphatic rings. The maximum atomic E-state index is 4.28.